The SMILES string of the molecule is CCOC(=O)c1cc(C(C)CCN)c2cc(C(=O)OCC)[nH]c2n1. The van der Waals surface area contributed by atoms with Crippen LogP contribution in [0.4, 0.5) is 0 Å². The van der Waals surface area contributed by atoms with Gasteiger partial charge < -0.3 is 20.2 Å². The van der Waals surface area contributed by atoms with Gasteiger partial charge in [0.25, 0.3) is 0 Å². The lowest BCUT2D eigenvalue weighted by molar-refractivity contribution is 0.0512. The average molecular weight is 333 g/mol. The highest BCUT2D eigenvalue weighted by molar-refractivity contribution is 5.97. The number of ether oxygens (including phenoxy) is 2. The number of fused-ring (bicyclic) bond motifs is 1. The first-order chi connectivity index (χ1) is 11.5. The average Bonchev–Trinajstić information content (AvgIpc) is 2.98. The van der Waals surface area contributed by atoms with E-state index in [0.29, 0.717) is 17.9 Å². The standard InChI is InChI=1S/C17H23N3O4/c1-4-23-16(21)13-8-11(10(3)6-7-18)12-9-14(17(22)24-5-2)20-15(12)19-13/h8-10H,4-7,18H2,1-3H3,(H,19,20). The third-order valence-electron chi connectivity index (χ3n) is 3.74. The Balaban J connectivity index is 2.56. The first kappa shape index (κ1) is 17.9. The molecule has 0 saturated heterocycles. The van der Waals surface area contributed by atoms with Gasteiger partial charge in [0.1, 0.15) is 11.3 Å². The normalized spacial score (nSPS) is 12.2. The van der Waals surface area contributed by atoms with Crippen LogP contribution in [0.3, 0.4) is 0 Å². The molecule has 1 atom stereocenters. The molecule has 0 saturated carbocycles. The number of pyridine rings is 1. The zero-order valence-corrected chi connectivity index (χ0v) is 14.2. The summed E-state index contributed by atoms with van der Waals surface area (Å²) >= 11 is 0. The van der Waals surface area contributed by atoms with Crippen LogP contribution < -0.4 is 5.73 Å². The van der Waals surface area contributed by atoms with Crippen molar-refractivity contribution in [1.29, 1.82) is 0 Å². The summed E-state index contributed by atoms with van der Waals surface area (Å²) in [6.45, 7) is 6.58. The molecule has 130 valence electrons. The van der Waals surface area contributed by atoms with Crippen molar-refractivity contribution < 1.29 is 19.1 Å². The van der Waals surface area contributed by atoms with Gasteiger partial charge in [-0.25, -0.2) is 14.6 Å². The van der Waals surface area contributed by atoms with Crippen LogP contribution in [0.15, 0.2) is 12.1 Å². The number of aromatic amines is 1. The van der Waals surface area contributed by atoms with Crippen LogP contribution in [0.5, 0.6) is 0 Å². The first-order valence-electron chi connectivity index (χ1n) is 8.09. The van der Waals surface area contributed by atoms with E-state index in [9.17, 15) is 9.59 Å². The molecule has 0 fully saturated rings. The molecule has 1 unspecified atom stereocenters. The van der Waals surface area contributed by atoms with Crippen molar-refractivity contribution in [2.75, 3.05) is 19.8 Å². The Morgan fingerprint density at radius 2 is 1.88 bits per heavy atom. The lowest BCUT2D eigenvalue weighted by Gasteiger charge is -2.13. The summed E-state index contributed by atoms with van der Waals surface area (Å²) < 4.78 is 10.0. The van der Waals surface area contributed by atoms with Crippen molar-refractivity contribution in [1.82, 2.24) is 9.97 Å². The zero-order chi connectivity index (χ0) is 17.7. The second kappa shape index (κ2) is 7.92. The van der Waals surface area contributed by atoms with E-state index >= 15 is 0 Å². The van der Waals surface area contributed by atoms with Gasteiger partial charge in [0.05, 0.1) is 13.2 Å². The van der Waals surface area contributed by atoms with Crippen LogP contribution in [-0.2, 0) is 9.47 Å². The summed E-state index contributed by atoms with van der Waals surface area (Å²) in [5.41, 5.74) is 7.54. The Hall–Kier alpha value is -2.41. The number of carbonyl (C=O) groups excluding carboxylic acids is 2. The van der Waals surface area contributed by atoms with Gasteiger partial charge in [0, 0.05) is 5.39 Å². The minimum Gasteiger partial charge on any atom is -0.461 e. The number of hydrogen-bond acceptors (Lipinski definition) is 6. The Labute approximate surface area is 140 Å². The van der Waals surface area contributed by atoms with Gasteiger partial charge in [0.2, 0.25) is 0 Å². The van der Waals surface area contributed by atoms with E-state index in [-0.39, 0.29) is 24.8 Å². The van der Waals surface area contributed by atoms with Gasteiger partial charge in [0.15, 0.2) is 5.69 Å². The predicted molar refractivity (Wildman–Crippen MR) is 90.1 cm³/mol. The predicted octanol–water partition coefficient (Wildman–Crippen LogP) is 2.37. The number of nitrogens with zero attached hydrogens (tertiary/aromatic N) is 1. The quantitative estimate of drug-likeness (QED) is 0.753. The number of hydrogen-bond donors (Lipinski definition) is 2. The molecule has 0 aliphatic carbocycles. The molecule has 7 heteroatoms. The van der Waals surface area contributed by atoms with Gasteiger partial charge in [-0.15, -0.1) is 0 Å². The van der Waals surface area contributed by atoms with Crippen LogP contribution >= 0.6 is 0 Å². The van der Waals surface area contributed by atoms with Crippen molar-refractivity contribution >= 4 is 23.0 Å². The minimum atomic E-state index is -0.493. The molecule has 7 nitrogen and oxygen atoms in total. The molecule has 0 aromatic carbocycles. The Kier molecular flexibility index (Phi) is 5.92. The molecule has 3 N–H and O–H groups in total. The molecular formula is C17H23N3O4. The molecule has 0 bridgehead atoms. The van der Waals surface area contributed by atoms with E-state index in [2.05, 4.69) is 9.97 Å². The molecular weight excluding hydrogens is 310 g/mol. The third kappa shape index (κ3) is 3.73. The van der Waals surface area contributed by atoms with E-state index in [1.54, 1.807) is 26.0 Å². The Morgan fingerprint density at radius 3 is 2.50 bits per heavy atom. The van der Waals surface area contributed by atoms with Crippen molar-refractivity contribution in [2.45, 2.75) is 33.1 Å². The van der Waals surface area contributed by atoms with Crippen molar-refractivity contribution in [3.8, 4) is 0 Å². The van der Waals surface area contributed by atoms with E-state index in [4.69, 9.17) is 15.2 Å². The van der Waals surface area contributed by atoms with Gasteiger partial charge in [-0.3, -0.25) is 0 Å². The molecule has 0 spiro atoms. The summed E-state index contributed by atoms with van der Waals surface area (Å²) in [4.78, 5) is 31.2. The number of aromatic nitrogens is 2. The van der Waals surface area contributed by atoms with Crippen molar-refractivity contribution in [2.24, 2.45) is 5.73 Å². The number of esters is 2. The fourth-order valence-corrected chi connectivity index (χ4v) is 2.57. The summed E-state index contributed by atoms with van der Waals surface area (Å²) in [5.74, 6) is -0.835. The number of H-pyrrole nitrogens is 1. The zero-order valence-electron chi connectivity index (χ0n) is 14.2. The summed E-state index contributed by atoms with van der Waals surface area (Å²) in [7, 11) is 0. The monoisotopic (exact) mass is 333 g/mol. The topological polar surface area (TPSA) is 107 Å². The van der Waals surface area contributed by atoms with Crippen LogP contribution in [0.1, 0.15) is 59.7 Å². The second-order valence-electron chi connectivity index (χ2n) is 5.46. The molecule has 2 aromatic rings. The maximum Gasteiger partial charge on any atom is 0.357 e. The van der Waals surface area contributed by atoms with E-state index in [1.807, 2.05) is 6.92 Å². The summed E-state index contributed by atoms with van der Waals surface area (Å²) in [5, 5.41) is 0.784. The molecule has 24 heavy (non-hydrogen) atoms. The third-order valence-corrected chi connectivity index (χ3v) is 3.74. The summed E-state index contributed by atoms with van der Waals surface area (Å²) in [6, 6.07) is 3.42. The fourth-order valence-electron chi connectivity index (χ4n) is 2.57. The van der Waals surface area contributed by atoms with Crippen LogP contribution in [0.25, 0.3) is 11.0 Å². The number of rotatable bonds is 7. The highest BCUT2D eigenvalue weighted by Gasteiger charge is 2.20. The number of carbonyl (C=O) groups is 2. The first-order valence-corrected chi connectivity index (χ1v) is 8.09. The maximum absolute atomic E-state index is 12.0. The van der Waals surface area contributed by atoms with E-state index in [0.717, 1.165) is 17.4 Å². The van der Waals surface area contributed by atoms with Gasteiger partial charge in [-0.1, -0.05) is 6.92 Å². The van der Waals surface area contributed by atoms with Gasteiger partial charge in [-0.05, 0) is 50.4 Å². The molecule has 0 aliphatic rings. The van der Waals surface area contributed by atoms with Crippen LogP contribution in [-0.4, -0.2) is 41.7 Å². The molecule has 0 amide bonds. The molecule has 2 heterocycles. The van der Waals surface area contributed by atoms with Gasteiger partial charge >= 0.3 is 11.9 Å². The van der Waals surface area contributed by atoms with E-state index in [1.165, 1.54) is 0 Å². The summed E-state index contributed by atoms with van der Waals surface area (Å²) in [6.07, 6.45) is 0.751. The molecule has 0 aliphatic heterocycles. The molecule has 0 radical (unpaired) electrons. The maximum atomic E-state index is 12.0. The van der Waals surface area contributed by atoms with Crippen LogP contribution in [0.2, 0.25) is 0 Å². The van der Waals surface area contributed by atoms with Crippen molar-refractivity contribution in [3.05, 3.63) is 29.1 Å². The minimum absolute atomic E-state index is 0.111. The highest BCUT2D eigenvalue weighted by Crippen LogP contribution is 2.28. The lowest BCUT2D eigenvalue weighted by atomic mass is 9.95. The molecule has 2 aromatic heterocycles. The second-order valence-corrected chi connectivity index (χ2v) is 5.46. The van der Waals surface area contributed by atoms with Gasteiger partial charge in [-0.2, -0.15) is 0 Å². The van der Waals surface area contributed by atoms with Crippen molar-refractivity contribution in [3.63, 3.8) is 0 Å². The Bertz CT molecular complexity index is 739. The fraction of sp³-hybridized carbons (Fsp3) is 0.471. The largest absolute Gasteiger partial charge is 0.461 e. The lowest BCUT2D eigenvalue weighted by Crippen LogP contribution is -2.10. The number of nitrogens with two attached hydrogens (primary N) is 1. The highest BCUT2D eigenvalue weighted by atomic mass is 16.5. The van der Waals surface area contributed by atoms with E-state index < -0.39 is 11.9 Å². The Morgan fingerprint density at radius 1 is 1.21 bits per heavy atom. The smallest absolute Gasteiger partial charge is 0.357 e. The molecule has 2 rings (SSSR count). The van der Waals surface area contributed by atoms with Crippen LogP contribution in [0, 0.1) is 0 Å². The number of nitrogens with one attached hydrogen (secondary N) is 1.